The highest BCUT2D eigenvalue weighted by Gasteiger charge is 2.26. The smallest absolute Gasteiger partial charge is 0.261 e. The number of hydrogen-bond donors (Lipinski definition) is 1. The number of methoxy groups -OCH3 is 1. The average molecular weight is 384 g/mol. The molecule has 0 aliphatic carbocycles. The first-order valence-corrected chi connectivity index (χ1v) is 9.31. The number of benzene rings is 2. The summed E-state index contributed by atoms with van der Waals surface area (Å²) in [4.78, 5) is 26.9. The second-order valence-corrected chi connectivity index (χ2v) is 6.81. The molecule has 0 radical (unpaired) electrons. The summed E-state index contributed by atoms with van der Waals surface area (Å²) in [5.74, 6) is 0.891. The highest BCUT2D eigenvalue weighted by atomic mass is 16.5. The van der Waals surface area contributed by atoms with Crippen LogP contribution in [0.5, 0.6) is 11.5 Å². The molecule has 2 rings (SSSR count). The molecule has 0 aliphatic rings. The molecule has 28 heavy (non-hydrogen) atoms. The summed E-state index contributed by atoms with van der Waals surface area (Å²) in [6.45, 7) is 5.66. The van der Waals surface area contributed by atoms with Crippen molar-refractivity contribution in [3.8, 4) is 11.5 Å². The van der Waals surface area contributed by atoms with Gasteiger partial charge in [-0.15, -0.1) is 0 Å². The van der Waals surface area contributed by atoms with E-state index in [1.807, 2.05) is 56.3 Å². The van der Waals surface area contributed by atoms with Crippen molar-refractivity contribution in [1.29, 1.82) is 0 Å². The van der Waals surface area contributed by atoms with E-state index in [0.29, 0.717) is 12.3 Å². The van der Waals surface area contributed by atoms with Gasteiger partial charge >= 0.3 is 0 Å². The molecule has 1 N–H and O–H groups in total. The van der Waals surface area contributed by atoms with Gasteiger partial charge in [0.25, 0.3) is 5.91 Å². The second-order valence-electron chi connectivity index (χ2n) is 6.81. The SMILES string of the molecule is COc1ccc(CN(C(=O)COc2ccccc2)[C@@H](C)C(=O)NC(C)C)cc1. The van der Waals surface area contributed by atoms with Crippen molar-refractivity contribution in [2.75, 3.05) is 13.7 Å². The number of rotatable bonds is 9. The normalized spacial score (nSPS) is 11.6. The third kappa shape index (κ3) is 6.30. The first kappa shape index (κ1) is 21.3. The molecular formula is C22H28N2O4. The fraction of sp³-hybridized carbons (Fsp3) is 0.364. The van der Waals surface area contributed by atoms with Crippen molar-refractivity contribution in [2.45, 2.75) is 39.4 Å². The number of nitrogens with zero attached hydrogens (tertiary/aromatic N) is 1. The Kier molecular flexibility index (Phi) is 7.87. The quantitative estimate of drug-likeness (QED) is 0.722. The van der Waals surface area contributed by atoms with E-state index in [9.17, 15) is 9.59 Å². The zero-order valence-corrected chi connectivity index (χ0v) is 16.8. The van der Waals surface area contributed by atoms with Gasteiger partial charge in [-0.3, -0.25) is 9.59 Å². The molecule has 1 atom stereocenters. The van der Waals surface area contributed by atoms with Gasteiger partial charge in [-0.05, 0) is 50.6 Å². The molecule has 0 saturated carbocycles. The first-order valence-electron chi connectivity index (χ1n) is 9.31. The standard InChI is InChI=1S/C22H28N2O4/c1-16(2)23-22(26)17(3)24(14-18-10-12-19(27-4)13-11-18)21(25)15-28-20-8-6-5-7-9-20/h5-13,16-17H,14-15H2,1-4H3,(H,23,26)/t17-/m0/s1. The van der Waals surface area contributed by atoms with Crippen LogP contribution in [0.25, 0.3) is 0 Å². The predicted molar refractivity (Wildman–Crippen MR) is 108 cm³/mol. The third-order valence-electron chi connectivity index (χ3n) is 4.22. The van der Waals surface area contributed by atoms with E-state index in [2.05, 4.69) is 5.32 Å². The summed E-state index contributed by atoms with van der Waals surface area (Å²) >= 11 is 0. The Bertz CT molecular complexity index is 760. The average Bonchev–Trinajstić information content (AvgIpc) is 2.70. The molecule has 0 heterocycles. The van der Waals surface area contributed by atoms with Crippen LogP contribution in [0.15, 0.2) is 54.6 Å². The lowest BCUT2D eigenvalue weighted by atomic mass is 10.1. The summed E-state index contributed by atoms with van der Waals surface area (Å²) in [5.41, 5.74) is 0.901. The zero-order chi connectivity index (χ0) is 20.5. The van der Waals surface area contributed by atoms with Crippen molar-refractivity contribution < 1.29 is 19.1 Å². The molecule has 6 heteroatoms. The number of carbonyl (C=O) groups is 2. The summed E-state index contributed by atoms with van der Waals surface area (Å²) in [7, 11) is 1.60. The van der Waals surface area contributed by atoms with Crippen LogP contribution in [-0.4, -0.2) is 42.5 Å². The minimum Gasteiger partial charge on any atom is -0.497 e. The zero-order valence-electron chi connectivity index (χ0n) is 16.8. The molecule has 0 saturated heterocycles. The van der Waals surface area contributed by atoms with E-state index in [-0.39, 0.29) is 24.5 Å². The van der Waals surface area contributed by atoms with Gasteiger partial charge < -0.3 is 19.7 Å². The van der Waals surface area contributed by atoms with Crippen molar-refractivity contribution in [1.82, 2.24) is 10.2 Å². The minimum absolute atomic E-state index is 0.00606. The van der Waals surface area contributed by atoms with Crippen LogP contribution in [0, 0.1) is 0 Å². The number of hydrogen-bond acceptors (Lipinski definition) is 4. The van der Waals surface area contributed by atoms with E-state index >= 15 is 0 Å². The summed E-state index contributed by atoms with van der Waals surface area (Å²) in [6, 6.07) is 15.9. The molecule has 2 amide bonds. The predicted octanol–water partition coefficient (Wildman–Crippen LogP) is 3.02. The lowest BCUT2D eigenvalue weighted by Gasteiger charge is -2.29. The second kappa shape index (κ2) is 10.3. The molecule has 0 spiro atoms. The Morgan fingerprint density at radius 2 is 1.61 bits per heavy atom. The van der Waals surface area contributed by atoms with E-state index in [0.717, 1.165) is 11.3 Å². The van der Waals surface area contributed by atoms with Gasteiger partial charge in [0.1, 0.15) is 17.5 Å². The van der Waals surface area contributed by atoms with E-state index in [4.69, 9.17) is 9.47 Å². The molecule has 0 fully saturated rings. The largest absolute Gasteiger partial charge is 0.497 e. The number of nitrogens with one attached hydrogen (secondary N) is 1. The van der Waals surface area contributed by atoms with Crippen LogP contribution in [0.1, 0.15) is 26.3 Å². The fourth-order valence-electron chi connectivity index (χ4n) is 2.66. The van der Waals surface area contributed by atoms with Crippen LogP contribution in [-0.2, 0) is 16.1 Å². The Morgan fingerprint density at radius 1 is 0.964 bits per heavy atom. The number of amides is 2. The molecule has 6 nitrogen and oxygen atoms in total. The van der Waals surface area contributed by atoms with Crippen LogP contribution < -0.4 is 14.8 Å². The van der Waals surface area contributed by atoms with Crippen LogP contribution >= 0.6 is 0 Å². The van der Waals surface area contributed by atoms with Crippen molar-refractivity contribution in [3.05, 3.63) is 60.2 Å². The van der Waals surface area contributed by atoms with Crippen LogP contribution in [0.3, 0.4) is 0 Å². The number of ether oxygens (including phenoxy) is 2. The Balaban J connectivity index is 2.13. The van der Waals surface area contributed by atoms with Crippen LogP contribution in [0.4, 0.5) is 0 Å². The highest BCUT2D eigenvalue weighted by Crippen LogP contribution is 2.16. The van der Waals surface area contributed by atoms with Crippen molar-refractivity contribution in [3.63, 3.8) is 0 Å². The monoisotopic (exact) mass is 384 g/mol. The fourth-order valence-corrected chi connectivity index (χ4v) is 2.66. The van der Waals surface area contributed by atoms with Gasteiger partial charge in [0.05, 0.1) is 7.11 Å². The first-order chi connectivity index (χ1) is 13.4. The van der Waals surface area contributed by atoms with Gasteiger partial charge in [-0.1, -0.05) is 30.3 Å². The summed E-state index contributed by atoms with van der Waals surface area (Å²) in [5, 5.41) is 2.86. The van der Waals surface area contributed by atoms with E-state index in [1.165, 1.54) is 4.90 Å². The third-order valence-corrected chi connectivity index (χ3v) is 4.22. The van der Waals surface area contributed by atoms with E-state index < -0.39 is 6.04 Å². The Hall–Kier alpha value is -3.02. The molecule has 2 aromatic rings. The maximum atomic E-state index is 12.9. The number of para-hydroxylation sites is 1. The molecule has 0 bridgehead atoms. The van der Waals surface area contributed by atoms with Gasteiger partial charge in [-0.2, -0.15) is 0 Å². The Morgan fingerprint density at radius 3 is 2.18 bits per heavy atom. The number of carbonyl (C=O) groups excluding carboxylic acids is 2. The highest BCUT2D eigenvalue weighted by molar-refractivity contribution is 5.88. The molecule has 0 unspecified atom stereocenters. The van der Waals surface area contributed by atoms with Crippen molar-refractivity contribution >= 4 is 11.8 Å². The van der Waals surface area contributed by atoms with Crippen molar-refractivity contribution in [2.24, 2.45) is 0 Å². The molecule has 150 valence electrons. The lowest BCUT2D eigenvalue weighted by Crippen LogP contribution is -2.50. The van der Waals surface area contributed by atoms with Gasteiger partial charge in [0.15, 0.2) is 6.61 Å². The van der Waals surface area contributed by atoms with E-state index in [1.54, 1.807) is 26.2 Å². The minimum atomic E-state index is -0.628. The van der Waals surface area contributed by atoms with Gasteiger partial charge in [0, 0.05) is 12.6 Å². The van der Waals surface area contributed by atoms with Crippen LogP contribution in [0.2, 0.25) is 0 Å². The summed E-state index contributed by atoms with van der Waals surface area (Å²) in [6.07, 6.45) is 0. The molecule has 2 aromatic carbocycles. The lowest BCUT2D eigenvalue weighted by molar-refractivity contribution is -0.142. The maximum absolute atomic E-state index is 12.9. The maximum Gasteiger partial charge on any atom is 0.261 e. The van der Waals surface area contributed by atoms with Gasteiger partial charge in [-0.25, -0.2) is 0 Å². The molecule has 0 aliphatic heterocycles. The van der Waals surface area contributed by atoms with Gasteiger partial charge in [0.2, 0.25) is 5.91 Å². The molecular weight excluding hydrogens is 356 g/mol. The topological polar surface area (TPSA) is 67.9 Å². The Labute approximate surface area is 166 Å². The molecule has 0 aromatic heterocycles. The summed E-state index contributed by atoms with van der Waals surface area (Å²) < 4.78 is 10.8.